The molecule has 2 rings (SSSR count). The molecule has 2 aromatic heterocycles. The van der Waals surface area contributed by atoms with E-state index in [1.807, 2.05) is 24.4 Å². The van der Waals surface area contributed by atoms with Gasteiger partial charge in [-0.05, 0) is 36.2 Å². The lowest BCUT2D eigenvalue weighted by Gasteiger charge is -2.08. The van der Waals surface area contributed by atoms with Crippen molar-refractivity contribution in [3.63, 3.8) is 0 Å². The molecule has 0 aliphatic rings. The zero-order chi connectivity index (χ0) is 13.0. The minimum absolute atomic E-state index is 0.302. The fourth-order valence-corrected chi connectivity index (χ4v) is 1.65. The first-order valence-electron chi connectivity index (χ1n) is 5.57. The van der Waals surface area contributed by atoms with Crippen molar-refractivity contribution in [1.29, 1.82) is 0 Å². The average molecular weight is 258 g/mol. The Kier molecular flexibility index (Phi) is 3.84. The summed E-state index contributed by atoms with van der Waals surface area (Å²) in [6.45, 7) is 2.73. The monoisotopic (exact) mass is 258 g/mol. The van der Waals surface area contributed by atoms with Gasteiger partial charge in [0.15, 0.2) is 0 Å². The van der Waals surface area contributed by atoms with Gasteiger partial charge in [-0.1, -0.05) is 18.3 Å². The normalized spacial score (nSPS) is 10.1. The summed E-state index contributed by atoms with van der Waals surface area (Å²) in [7, 11) is 0. The van der Waals surface area contributed by atoms with E-state index in [9.17, 15) is 0 Å². The number of nitrogens with one attached hydrogen (secondary N) is 1. The van der Waals surface area contributed by atoms with Crippen molar-refractivity contribution in [2.75, 3.05) is 5.32 Å². The van der Waals surface area contributed by atoms with Crippen LogP contribution in [-0.2, 0) is 6.54 Å². The molecule has 2 aromatic rings. The number of aromatic nitrogens is 2. The fourth-order valence-electron chi connectivity index (χ4n) is 1.54. The van der Waals surface area contributed by atoms with Crippen LogP contribution in [0.4, 0.5) is 5.82 Å². The van der Waals surface area contributed by atoms with Crippen LogP contribution >= 0.6 is 12.2 Å². The van der Waals surface area contributed by atoms with Crippen molar-refractivity contribution in [2.45, 2.75) is 13.5 Å². The zero-order valence-corrected chi connectivity index (χ0v) is 10.9. The van der Waals surface area contributed by atoms with E-state index in [4.69, 9.17) is 18.0 Å². The van der Waals surface area contributed by atoms with Gasteiger partial charge in [0.05, 0.1) is 5.69 Å². The summed E-state index contributed by atoms with van der Waals surface area (Å²) in [5, 5.41) is 3.23. The molecule has 0 amide bonds. The molecular formula is C13H14N4S. The number of thiocarbonyl (C=S) groups is 1. The number of rotatable bonds is 4. The molecule has 0 spiro atoms. The van der Waals surface area contributed by atoms with E-state index in [1.54, 1.807) is 12.3 Å². The lowest BCUT2D eigenvalue weighted by Crippen LogP contribution is -2.12. The Hall–Kier alpha value is -2.01. The van der Waals surface area contributed by atoms with Crippen molar-refractivity contribution in [3.8, 4) is 0 Å². The van der Waals surface area contributed by atoms with Gasteiger partial charge in [0.1, 0.15) is 10.8 Å². The van der Waals surface area contributed by atoms with Crippen molar-refractivity contribution in [3.05, 3.63) is 53.5 Å². The predicted molar refractivity (Wildman–Crippen MR) is 76.4 cm³/mol. The molecule has 2 heterocycles. The van der Waals surface area contributed by atoms with Crippen molar-refractivity contribution in [1.82, 2.24) is 9.97 Å². The highest BCUT2D eigenvalue weighted by molar-refractivity contribution is 7.80. The molecule has 18 heavy (non-hydrogen) atoms. The van der Waals surface area contributed by atoms with Gasteiger partial charge in [-0.25, -0.2) is 4.98 Å². The molecule has 0 aliphatic carbocycles. The summed E-state index contributed by atoms with van der Waals surface area (Å²) in [5.41, 5.74) is 8.50. The van der Waals surface area contributed by atoms with Crippen molar-refractivity contribution >= 4 is 23.0 Å². The van der Waals surface area contributed by atoms with Crippen molar-refractivity contribution in [2.24, 2.45) is 5.73 Å². The van der Waals surface area contributed by atoms with Crippen LogP contribution in [0, 0.1) is 6.92 Å². The largest absolute Gasteiger partial charge is 0.388 e. The second kappa shape index (κ2) is 5.55. The van der Waals surface area contributed by atoms with Crippen LogP contribution in [0.3, 0.4) is 0 Å². The van der Waals surface area contributed by atoms with Gasteiger partial charge >= 0.3 is 0 Å². The molecule has 92 valence electrons. The first-order chi connectivity index (χ1) is 8.66. The zero-order valence-electron chi connectivity index (χ0n) is 10.1. The molecule has 0 bridgehead atoms. The molecule has 5 heteroatoms. The molecule has 4 nitrogen and oxygen atoms in total. The fraction of sp³-hybridized carbons (Fsp3) is 0.154. The highest BCUT2D eigenvalue weighted by atomic mass is 32.1. The van der Waals surface area contributed by atoms with Gasteiger partial charge in [0.2, 0.25) is 0 Å². The highest BCUT2D eigenvalue weighted by Gasteiger charge is 2.01. The number of hydrogen-bond donors (Lipinski definition) is 2. The van der Waals surface area contributed by atoms with Crippen LogP contribution in [0.15, 0.2) is 36.7 Å². The van der Waals surface area contributed by atoms with Crippen LogP contribution in [0.2, 0.25) is 0 Å². The lowest BCUT2D eigenvalue weighted by molar-refractivity contribution is 1.06. The standard InChI is InChI=1S/C13H14N4S/c1-9-5-6-15-7-10(9)8-16-12-4-2-3-11(17-12)13(14)18/h2-7H,8H2,1H3,(H2,14,18)(H,16,17). The van der Waals surface area contributed by atoms with Gasteiger partial charge in [-0.15, -0.1) is 0 Å². The highest BCUT2D eigenvalue weighted by Crippen LogP contribution is 2.09. The third kappa shape index (κ3) is 3.01. The Morgan fingerprint density at radius 2 is 2.22 bits per heavy atom. The number of aryl methyl sites for hydroxylation is 1. The summed E-state index contributed by atoms with van der Waals surface area (Å²) < 4.78 is 0. The number of anilines is 1. The first kappa shape index (κ1) is 12.4. The van der Waals surface area contributed by atoms with Crippen LogP contribution in [0.5, 0.6) is 0 Å². The van der Waals surface area contributed by atoms with E-state index >= 15 is 0 Å². The van der Waals surface area contributed by atoms with Crippen molar-refractivity contribution < 1.29 is 0 Å². The summed E-state index contributed by atoms with van der Waals surface area (Å²) >= 11 is 4.90. The molecular weight excluding hydrogens is 244 g/mol. The minimum Gasteiger partial charge on any atom is -0.388 e. The van der Waals surface area contributed by atoms with Crippen LogP contribution < -0.4 is 11.1 Å². The van der Waals surface area contributed by atoms with Crippen LogP contribution in [0.1, 0.15) is 16.8 Å². The Morgan fingerprint density at radius 3 is 2.94 bits per heavy atom. The average Bonchev–Trinajstić information content (AvgIpc) is 2.38. The summed E-state index contributed by atoms with van der Waals surface area (Å²) in [5.74, 6) is 0.753. The molecule has 0 atom stereocenters. The van der Waals surface area contributed by atoms with Gasteiger partial charge in [0, 0.05) is 18.9 Å². The van der Waals surface area contributed by atoms with E-state index in [2.05, 4.69) is 22.2 Å². The number of nitrogens with zero attached hydrogens (tertiary/aromatic N) is 2. The number of nitrogens with two attached hydrogens (primary N) is 1. The summed E-state index contributed by atoms with van der Waals surface area (Å²) in [6, 6.07) is 7.53. The van der Waals surface area contributed by atoms with Gasteiger partial charge in [0.25, 0.3) is 0 Å². The Bertz CT molecular complexity index is 568. The summed E-state index contributed by atoms with van der Waals surface area (Å²) in [4.78, 5) is 8.72. The smallest absolute Gasteiger partial charge is 0.127 e. The molecule has 3 N–H and O–H groups in total. The van der Waals surface area contributed by atoms with Gasteiger partial charge in [-0.2, -0.15) is 0 Å². The van der Waals surface area contributed by atoms with E-state index in [0.717, 1.165) is 11.4 Å². The lowest BCUT2D eigenvalue weighted by atomic mass is 10.1. The van der Waals surface area contributed by atoms with E-state index in [0.29, 0.717) is 17.2 Å². The second-order valence-corrected chi connectivity index (χ2v) is 4.37. The molecule has 0 aliphatic heterocycles. The molecule has 0 radical (unpaired) electrons. The van der Waals surface area contributed by atoms with E-state index < -0.39 is 0 Å². The van der Waals surface area contributed by atoms with Gasteiger partial charge < -0.3 is 11.1 Å². The third-order valence-electron chi connectivity index (χ3n) is 2.61. The van der Waals surface area contributed by atoms with Crippen LogP contribution in [-0.4, -0.2) is 15.0 Å². The topological polar surface area (TPSA) is 63.8 Å². The first-order valence-corrected chi connectivity index (χ1v) is 5.98. The Morgan fingerprint density at radius 1 is 1.39 bits per heavy atom. The minimum atomic E-state index is 0.302. The van der Waals surface area contributed by atoms with Gasteiger partial charge in [-0.3, -0.25) is 4.98 Å². The Balaban J connectivity index is 2.09. The number of hydrogen-bond acceptors (Lipinski definition) is 4. The maximum absolute atomic E-state index is 5.55. The maximum atomic E-state index is 5.55. The van der Waals surface area contributed by atoms with Crippen LogP contribution in [0.25, 0.3) is 0 Å². The quantitative estimate of drug-likeness (QED) is 0.822. The SMILES string of the molecule is Cc1ccncc1CNc1cccc(C(N)=S)n1. The third-order valence-corrected chi connectivity index (χ3v) is 2.82. The summed E-state index contributed by atoms with van der Waals surface area (Å²) in [6.07, 6.45) is 3.63. The molecule has 0 fully saturated rings. The predicted octanol–water partition coefficient (Wildman–Crippen LogP) is 2.03. The second-order valence-electron chi connectivity index (χ2n) is 3.93. The van der Waals surface area contributed by atoms with E-state index in [-0.39, 0.29) is 0 Å². The molecule has 0 unspecified atom stereocenters. The maximum Gasteiger partial charge on any atom is 0.127 e. The molecule has 0 aromatic carbocycles. The molecule has 0 saturated carbocycles. The Labute approximate surface area is 111 Å². The van der Waals surface area contributed by atoms with E-state index in [1.165, 1.54) is 5.56 Å². The number of pyridine rings is 2. The molecule has 0 saturated heterocycles.